The summed E-state index contributed by atoms with van der Waals surface area (Å²) in [6, 6.07) is 9.23. The van der Waals surface area contributed by atoms with E-state index >= 15 is 0 Å². The number of imidazole rings is 1. The quantitative estimate of drug-likeness (QED) is 0.758. The van der Waals surface area contributed by atoms with Crippen LogP contribution in [0.25, 0.3) is 5.65 Å². The third-order valence-electron chi connectivity index (χ3n) is 3.08. The third-order valence-corrected chi connectivity index (χ3v) is 3.38. The molecule has 1 atom stereocenters. The van der Waals surface area contributed by atoms with Gasteiger partial charge in [-0.25, -0.2) is 4.98 Å². The van der Waals surface area contributed by atoms with Gasteiger partial charge in [0.05, 0.1) is 12.0 Å². The maximum atomic E-state index is 9.91. The Labute approximate surface area is 120 Å². The standard InChI is InChI=1S/C14H14ClN3O2/c15-14-10(18-6-2-1-5-13(18)17-14)8-16-9-11(19)12-4-3-7-20-12/h1-7,11,16,19H,8-9H2. The van der Waals surface area contributed by atoms with Crippen molar-refractivity contribution in [2.75, 3.05) is 6.54 Å². The van der Waals surface area contributed by atoms with Crippen LogP contribution >= 0.6 is 11.6 Å². The molecule has 0 saturated heterocycles. The largest absolute Gasteiger partial charge is 0.467 e. The van der Waals surface area contributed by atoms with Gasteiger partial charge in [0.25, 0.3) is 0 Å². The van der Waals surface area contributed by atoms with E-state index in [1.807, 2.05) is 28.8 Å². The smallest absolute Gasteiger partial charge is 0.152 e. The number of aliphatic hydroxyl groups excluding tert-OH is 1. The molecule has 20 heavy (non-hydrogen) atoms. The normalized spacial score (nSPS) is 12.9. The molecule has 0 spiro atoms. The Morgan fingerprint density at radius 3 is 3.05 bits per heavy atom. The van der Waals surface area contributed by atoms with Crippen molar-refractivity contribution in [2.45, 2.75) is 12.6 Å². The number of aliphatic hydroxyl groups is 1. The second-order valence-electron chi connectivity index (χ2n) is 4.44. The highest BCUT2D eigenvalue weighted by molar-refractivity contribution is 6.30. The summed E-state index contributed by atoms with van der Waals surface area (Å²) in [7, 11) is 0. The van der Waals surface area contributed by atoms with E-state index in [1.54, 1.807) is 18.4 Å². The molecule has 6 heteroatoms. The lowest BCUT2D eigenvalue weighted by molar-refractivity contribution is 0.147. The van der Waals surface area contributed by atoms with E-state index in [2.05, 4.69) is 10.3 Å². The van der Waals surface area contributed by atoms with Crippen LogP contribution in [0, 0.1) is 0 Å². The summed E-state index contributed by atoms with van der Waals surface area (Å²) in [6.07, 6.45) is 2.77. The Morgan fingerprint density at radius 1 is 1.35 bits per heavy atom. The zero-order chi connectivity index (χ0) is 13.9. The number of pyridine rings is 1. The average Bonchev–Trinajstić information content (AvgIpc) is 3.07. The Kier molecular flexibility index (Phi) is 3.73. The number of aromatic nitrogens is 2. The highest BCUT2D eigenvalue weighted by Crippen LogP contribution is 2.18. The third kappa shape index (κ3) is 2.56. The Morgan fingerprint density at radius 2 is 2.25 bits per heavy atom. The lowest BCUT2D eigenvalue weighted by Crippen LogP contribution is -2.21. The van der Waals surface area contributed by atoms with Gasteiger partial charge < -0.3 is 19.2 Å². The first-order chi connectivity index (χ1) is 9.75. The van der Waals surface area contributed by atoms with Crippen molar-refractivity contribution in [3.63, 3.8) is 0 Å². The van der Waals surface area contributed by atoms with E-state index in [0.29, 0.717) is 24.0 Å². The molecule has 1 unspecified atom stereocenters. The number of furan rings is 1. The maximum Gasteiger partial charge on any atom is 0.152 e. The van der Waals surface area contributed by atoms with Crippen LogP contribution in [0.3, 0.4) is 0 Å². The van der Waals surface area contributed by atoms with Crippen molar-refractivity contribution in [1.82, 2.24) is 14.7 Å². The van der Waals surface area contributed by atoms with Gasteiger partial charge >= 0.3 is 0 Å². The molecule has 0 fully saturated rings. The minimum Gasteiger partial charge on any atom is -0.467 e. The van der Waals surface area contributed by atoms with E-state index in [4.69, 9.17) is 16.0 Å². The molecule has 0 aromatic carbocycles. The fourth-order valence-electron chi connectivity index (χ4n) is 2.08. The topological polar surface area (TPSA) is 62.7 Å². The molecule has 0 amide bonds. The monoisotopic (exact) mass is 291 g/mol. The van der Waals surface area contributed by atoms with Crippen LogP contribution in [0.5, 0.6) is 0 Å². The van der Waals surface area contributed by atoms with Gasteiger partial charge in [0.2, 0.25) is 0 Å². The van der Waals surface area contributed by atoms with Crippen molar-refractivity contribution < 1.29 is 9.52 Å². The minimum absolute atomic E-state index is 0.379. The SMILES string of the molecule is OC(CNCc1c(Cl)nc2ccccn12)c1ccco1. The summed E-state index contributed by atoms with van der Waals surface area (Å²) in [5, 5.41) is 13.5. The van der Waals surface area contributed by atoms with Gasteiger partial charge in [-0.15, -0.1) is 0 Å². The lowest BCUT2D eigenvalue weighted by Gasteiger charge is -2.09. The predicted octanol–water partition coefficient (Wildman–Crippen LogP) is 2.40. The number of nitrogens with one attached hydrogen (secondary N) is 1. The zero-order valence-electron chi connectivity index (χ0n) is 10.7. The zero-order valence-corrected chi connectivity index (χ0v) is 11.4. The van der Waals surface area contributed by atoms with Crippen LogP contribution in [-0.4, -0.2) is 21.0 Å². The van der Waals surface area contributed by atoms with Gasteiger partial charge in [0, 0.05) is 19.3 Å². The summed E-state index contributed by atoms with van der Waals surface area (Å²) < 4.78 is 7.07. The summed E-state index contributed by atoms with van der Waals surface area (Å²) >= 11 is 6.13. The summed E-state index contributed by atoms with van der Waals surface area (Å²) in [4.78, 5) is 4.27. The van der Waals surface area contributed by atoms with E-state index in [1.165, 1.54) is 0 Å². The summed E-state index contributed by atoms with van der Waals surface area (Å²) in [5.41, 5.74) is 1.68. The maximum absolute atomic E-state index is 9.91. The predicted molar refractivity (Wildman–Crippen MR) is 75.6 cm³/mol. The Hall–Kier alpha value is -1.82. The molecule has 0 saturated carbocycles. The minimum atomic E-state index is -0.678. The number of hydrogen-bond acceptors (Lipinski definition) is 4. The van der Waals surface area contributed by atoms with Crippen LogP contribution in [0.4, 0.5) is 0 Å². The number of nitrogens with zero attached hydrogens (tertiary/aromatic N) is 2. The Balaban J connectivity index is 1.67. The van der Waals surface area contributed by atoms with Crippen LogP contribution < -0.4 is 5.32 Å². The van der Waals surface area contributed by atoms with Crippen molar-refractivity contribution in [2.24, 2.45) is 0 Å². The fourth-order valence-corrected chi connectivity index (χ4v) is 2.33. The van der Waals surface area contributed by atoms with Gasteiger partial charge in [-0.2, -0.15) is 0 Å². The second-order valence-corrected chi connectivity index (χ2v) is 4.80. The molecule has 0 radical (unpaired) electrons. The van der Waals surface area contributed by atoms with Crippen molar-refractivity contribution >= 4 is 17.2 Å². The van der Waals surface area contributed by atoms with Crippen LogP contribution in [0.2, 0.25) is 5.15 Å². The first-order valence-electron chi connectivity index (χ1n) is 6.29. The van der Waals surface area contributed by atoms with Crippen molar-refractivity contribution in [3.05, 3.63) is 59.4 Å². The second kappa shape index (κ2) is 5.66. The molecule has 0 aliphatic rings. The lowest BCUT2D eigenvalue weighted by atomic mass is 10.2. The van der Waals surface area contributed by atoms with Gasteiger partial charge in [-0.05, 0) is 24.3 Å². The molecular formula is C14H14ClN3O2. The molecule has 0 bridgehead atoms. The molecule has 104 valence electrons. The van der Waals surface area contributed by atoms with Gasteiger partial charge in [0.1, 0.15) is 17.5 Å². The van der Waals surface area contributed by atoms with Crippen molar-refractivity contribution in [1.29, 1.82) is 0 Å². The van der Waals surface area contributed by atoms with Gasteiger partial charge in [-0.3, -0.25) is 0 Å². The molecule has 2 N–H and O–H groups in total. The number of halogens is 1. The molecule has 3 aromatic heterocycles. The molecule has 0 aliphatic heterocycles. The fraction of sp³-hybridized carbons (Fsp3) is 0.214. The molecule has 3 rings (SSSR count). The highest BCUT2D eigenvalue weighted by Gasteiger charge is 2.12. The number of fused-ring (bicyclic) bond motifs is 1. The van der Waals surface area contributed by atoms with Crippen LogP contribution in [-0.2, 0) is 6.54 Å². The first kappa shape index (κ1) is 13.2. The van der Waals surface area contributed by atoms with Crippen LogP contribution in [0.15, 0.2) is 47.2 Å². The highest BCUT2D eigenvalue weighted by atomic mass is 35.5. The van der Waals surface area contributed by atoms with Gasteiger partial charge in [-0.1, -0.05) is 17.7 Å². The molecular weight excluding hydrogens is 278 g/mol. The average molecular weight is 292 g/mol. The molecule has 0 aliphatic carbocycles. The molecule has 5 nitrogen and oxygen atoms in total. The van der Waals surface area contributed by atoms with Crippen molar-refractivity contribution in [3.8, 4) is 0 Å². The van der Waals surface area contributed by atoms with E-state index in [9.17, 15) is 5.11 Å². The molecule has 3 heterocycles. The number of hydrogen-bond donors (Lipinski definition) is 2. The summed E-state index contributed by atoms with van der Waals surface area (Å²) in [5.74, 6) is 0.543. The Bertz CT molecular complexity index is 694. The molecule has 3 aromatic rings. The van der Waals surface area contributed by atoms with E-state index in [0.717, 1.165) is 11.3 Å². The van der Waals surface area contributed by atoms with Crippen LogP contribution in [0.1, 0.15) is 17.6 Å². The van der Waals surface area contributed by atoms with Gasteiger partial charge in [0.15, 0.2) is 5.15 Å². The first-order valence-corrected chi connectivity index (χ1v) is 6.67. The summed E-state index contributed by atoms with van der Waals surface area (Å²) in [6.45, 7) is 0.895. The number of rotatable bonds is 5. The van der Waals surface area contributed by atoms with E-state index < -0.39 is 6.10 Å². The van der Waals surface area contributed by atoms with E-state index in [-0.39, 0.29) is 0 Å².